The largest absolute Gasteiger partial charge is 0.464 e. The number of esters is 3. The maximum absolute atomic E-state index is 12.9. The van der Waals surface area contributed by atoms with Crippen LogP contribution < -0.4 is 17.1 Å². The van der Waals surface area contributed by atoms with Gasteiger partial charge in [-0.05, 0) is 0 Å². The highest BCUT2D eigenvalue weighted by atomic mass is 32.1. The van der Waals surface area contributed by atoms with Gasteiger partial charge in [0.2, 0.25) is 0 Å². The number of thiol groups is 3. The quantitative estimate of drug-likeness (QED) is 0.151. The number of nitrogens with zero attached hydrogens (tertiary/aromatic N) is 3. The first-order valence-corrected chi connectivity index (χ1v) is 12.8. The zero-order valence-corrected chi connectivity index (χ0v) is 23.1. The van der Waals surface area contributed by atoms with Crippen molar-refractivity contribution in [3.05, 3.63) is 31.5 Å². The van der Waals surface area contributed by atoms with Crippen molar-refractivity contribution in [1.82, 2.24) is 13.7 Å². The number of hydrogen-bond acceptors (Lipinski definition) is 12. The summed E-state index contributed by atoms with van der Waals surface area (Å²) in [5, 5.41) is -0.706. The highest BCUT2D eigenvalue weighted by Gasteiger charge is 2.18. The van der Waals surface area contributed by atoms with Crippen LogP contribution >= 0.6 is 37.9 Å². The van der Waals surface area contributed by atoms with Crippen LogP contribution in [0.15, 0.2) is 14.4 Å². The Morgan fingerprint density at radius 3 is 1.00 bits per heavy atom. The Morgan fingerprint density at radius 1 is 0.583 bits per heavy atom. The first kappa shape index (κ1) is 31.9. The van der Waals surface area contributed by atoms with E-state index in [0.717, 1.165) is 13.7 Å². The van der Waals surface area contributed by atoms with Gasteiger partial charge in [0.15, 0.2) is 0 Å². The predicted octanol–water partition coefficient (Wildman–Crippen LogP) is -0.0735. The lowest BCUT2D eigenvalue weighted by atomic mass is 10.3. The van der Waals surface area contributed by atoms with Crippen molar-refractivity contribution < 1.29 is 28.6 Å². The molecule has 0 aliphatic heterocycles. The van der Waals surface area contributed by atoms with E-state index in [1.54, 1.807) is 20.8 Å². The van der Waals surface area contributed by atoms with Crippen molar-refractivity contribution in [1.29, 1.82) is 0 Å². The van der Waals surface area contributed by atoms with Gasteiger partial charge in [-0.1, -0.05) is 20.8 Å². The second-order valence-corrected chi connectivity index (χ2v) is 10.8. The van der Waals surface area contributed by atoms with Crippen molar-refractivity contribution in [3.63, 3.8) is 0 Å². The molecule has 0 aliphatic rings. The monoisotopic (exact) mass is 567 g/mol. The summed E-state index contributed by atoms with van der Waals surface area (Å²) in [5.41, 5.74) is -2.88. The van der Waals surface area contributed by atoms with Crippen molar-refractivity contribution in [2.75, 3.05) is 19.8 Å². The maximum atomic E-state index is 12.9. The topological polar surface area (TPSA) is 145 Å². The Morgan fingerprint density at radius 2 is 0.806 bits per heavy atom. The van der Waals surface area contributed by atoms with E-state index >= 15 is 0 Å². The molecule has 15 heteroatoms. The number of rotatable bonds is 15. The molecule has 2 unspecified atom stereocenters. The fourth-order valence-electron chi connectivity index (χ4n) is 2.91. The third kappa shape index (κ3) is 11.3. The van der Waals surface area contributed by atoms with Crippen LogP contribution in [0.3, 0.4) is 0 Å². The standard InChI is InChI=1S/C21H33N3O9S3/c1-13(34)10-16(25)31-7-4-22-19(28)23(5-8-32-17(26)11-14(2)35)21(30)24(20(22)29)6-9-33-18(27)12-15(3)36/h13-15,34-36H,4-12H2,1-3H3/t13-,14?,15?/m1/s1. The Bertz CT molecular complexity index is 914. The van der Waals surface area contributed by atoms with Crippen LogP contribution in [0.1, 0.15) is 40.0 Å². The number of aromatic nitrogens is 3. The molecule has 0 radical (unpaired) electrons. The Hall–Kier alpha value is -2.13. The van der Waals surface area contributed by atoms with E-state index in [2.05, 4.69) is 37.9 Å². The summed E-state index contributed by atoms with van der Waals surface area (Å²) >= 11 is 12.3. The van der Waals surface area contributed by atoms with Crippen LogP contribution in [-0.4, -0.2) is 67.2 Å². The molecular formula is C21H33N3O9S3. The van der Waals surface area contributed by atoms with E-state index in [1.807, 2.05) is 0 Å². The molecule has 0 fully saturated rings. The summed E-state index contributed by atoms with van der Waals surface area (Å²) in [6, 6.07) is 0. The van der Waals surface area contributed by atoms with Gasteiger partial charge in [0.25, 0.3) is 0 Å². The van der Waals surface area contributed by atoms with Crippen molar-refractivity contribution in [3.8, 4) is 0 Å². The molecule has 0 spiro atoms. The minimum absolute atomic E-state index is 0.0360. The number of hydrogen-bond donors (Lipinski definition) is 3. The second-order valence-electron chi connectivity index (χ2n) is 8.12. The zero-order chi connectivity index (χ0) is 27.4. The fraction of sp³-hybridized carbons (Fsp3) is 0.714. The molecule has 1 heterocycles. The molecule has 0 amide bonds. The predicted molar refractivity (Wildman–Crippen MR) is 141 cm³/mol. The van der Waals surface area contributed by atoms with Crippen LogP contribution in [0.4, 0.5) is 0 Å². The average molecular weight is 568 g/mol. The normalized spacial score (nSPS) is 13.5. The van der Waals surface area contributed by atoms with Crippen molar-refractivity contribution in [2.24, 2.45) is 0 Å². The van der Waals surface area contributed by atoms with Gasteiger partial charge in [0.1, 0.15) is 19.8 Å². The van der Waals surface area contributed by atoms with Gasteiger partial charge >= 0.3 is 35.0 Å². The third-order valence-electron chi connectivity index (χ3n) is 4.51. The highest BCUT2D eigenvalue weighted by molar-refractivity contribution is 7.81. The maximum Gasteiger partial charge on any atom is 0.336 e. The first-order valence-electron chi connectivity index (χ1n) is 11.3. The van der Waals surface area contributed by atoms with Gasteiger partial charge in [-0.25, -0.2) is 28.1 Å². The molecule has 204 valence electrons. The van der Waals surface area contributed by atoms with Gasteiger partial charge in [-0.15, -0.1) is 0 Å². The Kier molecular flexibility index (Phi) is 14.1. The van der Waals surface area contributed by atoms with E-state index in [1.165, 1.54) is 0 Å². The molecule has 1 aromatic rings. The number of carbonyl (C=O) groups excluding carboxylic acids is 3. The van der Waals surface area contributed by atoms with Crippen molar-refractivity contribution in [2.45, 2.75) is 75.4 Å². The van der Waals surface area contributed by atoms with Crippen LogP contribution in [0, 0.1) is 0 Å². The lowest BCUT2D eigenvalue weighted by Gasteiger charge is -2.15. The smallest absolute Gasteiger partial charge is 0.336 e. The first-order chi connectivity index (χ1) is 16.8. The summed E-state index contributed by atoms with van der Waals surface area (Å²) in [6.07, 6.45) is 0.108. The van der Waals surface area contributed by atoms with E-state index < -0.39 is 35.0 Å². The minimum Gasteiger partial charge on any atom is -0.464 e. The summed E-state index contributed by atoms with van der Waals surface area (Å²) in [6.45, 7) is 3.27. The van der Waals surface area contributed by atoms with Crippen LogP contribution in [0.5, 0.6) is 0 Å². The van der Waals surface area contributed by atoms with Gasteiger partial charge in [-0.2, -0.15) is 37.9 Å². The molecule has 0 aliphatic carbocycles. The molecule has 0 saturated carbocycles. The summed E-state index contributed by atoms with van der Waals surface area (Å²) in [4.78, 5) is 73.9. The number of carbonyl (C=O) groups is 3. The van der Waals surface area contributed by atoms with Gasteiger partial charge in [-0.3, -0.25) is 14.4 Å². The van der Waals surface area contributed by atoms with E-state index in [-0.39, 0.29) is 74.5 Å². The van der Waals surface area contributed by atoms with Gasteiger partial charge in [0, 0.05) is 15.7 Å². The van der Waals surface area contributed by atoms with E-state index in [9.17, 15) is 28.8 Å². The molecule has 36 heavy (non-hydrogen) atoms. The summed E-state index contributed by atoms with van der Waals surface area (Å²) < 4.78 is 17.3. The zero-order valence-electron chi connectivity index (χ0n) is 20.5. The fourth-order valence-corrected chi connectivity index (χ4v) is 3.36. The third-order valence-corrected chi connectivity index (χ3v) is 5.05. The average Bonchev–Trinajstić information content (AvgIpc) is 2.73. The van der Waals surface area contributed by atoms with Gasteiger partial charge in [0.05, 0.1) is 38.9 Å². The number of ether oxygens (including phenoxy) is 3. The van der Waals surface area contributed by atoms with Crippen LogP contribution in [0.2, 0.25) is 0 Å². The molecular weight excluding hydrogens is 534 g/mol. The molecule has 0 N–H and O–H groups in total. The Labute approximate surface area is 224 Å². The van der Waals surface area contributed by atoms with Crippen LogP contribution in [-0.2, 0) is 48.2 Å². The SMILES string of the molecule is CC(S)CC(=O)OCCn1c(=O)n(CCOC(=O)CC(C)S)c(=O)n(CCOC(=O)C[C@@H](C)S)c1=O. The second kappa shape index (κ2) is 15.9. The molecule has 3 atom stereocenters. The van der Waals surface area contributed by atoms with E-state index in [4.69, 9.17) is 14.2 Å². The van der Waals surface area contributed by atoms with Crippen molar-refractivity contribution >= 4 is 55.8 Å². The lowest BCUT2D eigenvalue weighted by Crippen LogP contribution is -2.55. The molecule has 1 rings (SSSR count). The van der Waals surface area contributed by atoms with Crippen LogP contribution in [0.25, 0.3) is 0 Å². The lowest BCUT2D eigenvalue weighted by molar-refractivity contribution is -0.144. The molecule has 0 aromatic carbocycles. The summed E-state index contributed by atoms with van der Waals surface area (Å²) in [7, 11) is 0. The van der Waals surface area contributed by atoms with E-state index in [0.29, 0.717) is 0 Å². The van der Waals surface area contributed by atoms with Gasteiger partial charge < -0.3 is 14.2 Å². The minimum atomic E-state index is -0.959. The molecule has 0 saturated heterocycles. The summed E-state index contributed by atoms with van der Waals surface area (Å²) in [5.74, 6) is -1.68. The molecule has 0 bridgehead atoms. The highest BCUT2D eigenvalue weighted by Crippen LogP contribution is 2.02. The molecule has 12 nitrogen and oxygen atoms in total. The molecule has 1 aromatic heterocycles. The Balaban J connectivity index is 3.13.